The Morgan fingerprint density at radius 3 is 2.68 bits per heavy atom. The summed E-state index contributed by atoms with van der Waals surface area (Å²) in [4.78, 5) is 0. The number of rotatable bonds is 3. The molecule has 0 radical (unpaired) electrons. The van der Waals surface area contributed by atoms with Gasteiger partial charge in [-0.25, -0.2) is 8.42 Å². The van der Waals surface area contributed by atoms with E-state index < -0.39 is 10.0 Å². The molecular formula is C14H14N2O2S. The van der Waals surface area contributed by atoms with Gasteiger partial charge in [0.1, 0.15) is 0 Å². The van der Waals surface area contributed by atoms with Gasteiger partial charge in [-0.05, 0) is 29.3 Å². The van der Waals surface area contributed by atoms with Gasteiger partial charge in [-0.3, -0.25) is 4.72 Å². The zero-order valence-electron chi connectivity index (χ0n) is 10.3. The molecule has 0 amide bonds. The van der Waals surface area contributed by atoms with Crippen molar-refractivity contribution in [3.05, 3.63) is 59.7 Å². The number of benzene rings is 2. The zero-order chi connectivity index (χ0) is 13.3. The first-order chi connectivity index (χ1) is 9.12. The van der Waals surface area contributed by atoms with E-state index in [1.165, 1.54) is 5.56 Å². The molecule has 1 aliphatic heterocycles. The maximum Gasteiger partial charge on any atom is 0.237 e. The van der Waals surface area contributed by atoms with Crippen LogP contribution < -0.4 is 10.0 Å². The van der Waals surface area contributed by atoms with Gasteiger partial charge in [-0.1, -0.05) is 30.3 Å². The molecule has 0 saturated carbocycles. The number of anilines is 2. The Kier molecular flexibility index (Phi) is 2.91. The van der Waals surface area contributed by atoms with E-state index in [2.05, 4.69) is 10.0 Å². The lowest BCUT2D eigenvalue weighted by molar-refractivity contribution is 0.602. The van der Waals surface area contributed by atoms with Crippen LogP contribution in [0.15, 0.2) is 48.5 Å². The molecule has 4 nitrogen and oxygen atoms in total. The highest BCUT2D eigenvalue weighted by Crippen LogP contribution is 2.29. The van der Waals surface area contributed by atoms with Crippen LogP contribution in [0.4, 0.5) is 11.4 Å². The second kappa shape index (κ2) is 4.59. The fourth-order valence-corrected chi connectivity index (χ4v) is 3.39. The summed E-state index contributed by atoms with van der Waals surface area (Å²) in [5, 5.41) is 3.30. The average molecular weight is 274 g/mol. The zero-order valence-corrected chi connectivity index (χ0v) is 11.1. The summed E-state index contributed by atoms with van der Waals surface area (Å²) >= 11 is 0. The molecule has 2 aromatic carbocycles. The van der Waals surface area contributed by atoms with Crippen LogP contribution in [0, 0.1) is 0 Å². The number of fused-ring (bicyclic) bond motifs is 1. The van der Waals surface area contributed by atoms with E-state index in [1.54, 1.807) is 6.07 Å². The van der Waals surface area contributed by atoms with Gasteiger partial charge in [0.05, 0.1) is 11.4 Å². The van der Waals surface area contributed by atoms with E-state index in [0.29, 0.717) is 5.69 Å². The van der Waals surface area contributed by atoms with Crippen molar-refractivity contribution in [3.63, 3.8) is 0 Å². The lowest BCUT2D eigenvalue weighted by Gasteiger charge is -2.07. The highest BCUT2D eigenvalue weighted by Gasteiger charge is 2.23. The topological polar surface area (TPSA) is 58.2 Å². The minimum atomic E-state index is -3.17. The van der Waals surface area contributed by atoms with E-state index in [9.17, 15) is 8.42 Å². The van der Waals surface area contributed by atoms with Gasteiger partial charge < -0.3 is 5.32 Å². The average Bonchev–Trinajstić information content (AvgIpc) is 2.70. The van der Waals surface area contributed by atoms with Gasteiger partial charge in [-0.2, -0.15) is 0 Å². The molecule has 0 aliphatic carbocycles. The Labute approximate surface area is 112 Å². The molecule has 0 unspecified atom stereocenters. The molecule has 3 rings (SSSR count). The number of hydrogen-bond acceptors (Lipinski definition) is 3. The van der Waals surface area contributed by atoms with Crippen LogP contribution in [0.25, 0.3) is 0 Å². The molecule has 1 heterocycles. The Balaban J connectivity index is 1.74. The summed E-state index contributed by atoms with van der Waals surface area (Å²) in [6, 6.07) is 15.6. The summed E-state index contributed by atoms with van der Waals surface area (Å²) in [6.07, 6.45) is 0. The third-order valence-corrected chi connectivity index (χ3v) is 4.28. The SMILES string of the molecule is O=S1(=O)Cc2cc(NCc3ccccc3)ccc2N1. The van der Waals surface area contributed by atoms with Crippen LogP contribution in [0.2, 0.25) is 0 Å². The van der Waals surface area contributed by atoms with E-state index in [-0.39, 0.29) is 5.75 Å². The highest BCUT2D eigenvalue weighted by atomic mass is 32.2. The van der Waals surface area contributed by atoms with E-state index in [0.717, 1.165) is 17.8 Å². The fraction of sp³-hybridized carbons (Fsp3) is 0.143. The molecular weight excluding hydrogens is 260 g/mol. The van der Waals surface area contributed by atoms with E-state index >= 15 is 0 Å². The largest absolute Gasteiger partial charge is 0.381 e. The van der Waals surface area contributed by atoms with Crippen molar-refractivity contribution >= 4 is 21.4 Å². The Morgan fingerprint density at radius 1 is 1.11 bits per heavy atom. The van der Waals surface area contributed by atoms with Crippen LogP contribution in [-0.2, 0) is 22.3 Å². The Bertz CT molecular complexity index is 697. The lowest BCUT2D eigenvalue weighted by Crippen LogP contribution is -2.05. The number of nitrogens with one attached hydrogen (secondary N) is 2. The van der Waals surface area contributed by atoms with E-state index in [4.69, 9.17) is 0 Å². The van der Waals surface area contributed by atoms with Crippen LogP contribution in [0.1, 0.15) is 11.1 Å². The monoisotopic (exact) mass is 274 g/mol. The fourth-order valence-electron chi connectivity index (χ4n) is 2.13. The summed E-state index contributed by atoms with van der Waals surface area (Å²) in [5.41, 5.74) is 3.62. The van der Waals surface area contributed by atoms with Crippen molar-refractivity contribution in [2.45, 2.75) is 12.3 Å². The summed E-state index contributed by atoms with van der Waals surface area (Å²) < 4.78 is 25.4. The van der Waals surface area contributed by atoms with Crippen molar-refractivity contribution < 1.29 is 8.42 Å². The summed E-state index contributed by atoms with van der Waals surface area (Å²) in [5.74, 6) is 0.0587. The molecule has 5 heteroatoms. The molecule has 19 heavy (non-hydrogen) atoms. The summed E-state index contributed by atoms with van der Waals surface area (Å²) in [7, 11) is -3.17. The first kappa shape index (κ1) is 12.0. The standard InChI is InChI=1S/C14H14N2O2S/c17-19(18)10-12-8-13(6-7-14(12)16-19)15-9-11-4-2-1-3-5-11/h1-8,15-16H,9-10H2. The predicted molar refractivity (Wildman–Crippen MR) is 76.5 cm³/mol. The van der Waals surface area contributed by atoms with Gasteiger partial charge >= 0.3 is 0 Å². The third kappa shape index (κ3) is 2.71. The van der Waals surface area contributed by atoms with Gasteiger partial charge in [0.25, 0.3) is 0 Å². The number of hydrogen-bond donors (Lipinski definition) is 2. The first-order valence-corrected chi connectivity index (χ1v) is 7.69. The van der Waals surface area contributed by atoms with Gasteiger partial charge in [0.2, 0.25) is 10.0 Å². The minimum Gasteiger partial charge on any atom is -0.381 e. The van der Waals surface area contributed by atoms with E-state index in [1.807, 2.05) is 42.5 Å². The third-order valence-electron chi connectivity index (χ3n) is 3.06. The van der Waals surface area contributed by atoms with Crippen LogP contribution in [0.5, 0.6) is 0 Å². The summed E-state index contributed by atoms with van der Waals surface area (Å²) in [6.45, 7) is 0.722. The molecule has 1 aliphatic rings. The molecule has 0 aromatic heterocycles. The maximum absolute atomic E-state index is 11.4. The minimum absolute atomic E-state index is 0.0587. The molecule has 0 fully saturated rings. The highest BCUT2D eigenvalue weighted by molar-refractivity contribution is 7.92. The van der Waals surface area contributed by atoms with Gasteiger partial charge in [0, 0.05) is 12.2 Å². The van der Waals surface area contributed by atoms with Crippen LogP contribution in [0.3, 0.4) is 0 Å². The Morgan fingerprint density at radius 2 is 1.89 bits per heavy atom. The van der Waals surface area contributed by atoms with Crippen LogP contribution in [-0.4, -0.2) is 8.42 Å². The first-order valence-electron chi connectivity index (χ1n) is 6.04. The van der Waals surface area contributed by atoms with Gasteiger partial charge in [0.15, 0.2) is 0 Å². The second-order valence-electron chi connectivity index (χ2n) is 4.57. The Hall–Kier alpha value is -2.01. The van der Waals surface area contributed by atoms with Crippen LogP contribution >= 0.6 is 0 Å². The quantitative estimate of drug-likeness (QED) is 0.904. The molecule has 98 valence electrons. The molecule has 0 saturated heterocycles. The molecule has 0 spiro atoms. The molecule has 2 aromatic rings. The molecule has 2 N–H and O–H groups in total. The smallest absolute Gasteiger partial charge is 0.237 e. The maximum atomic E-state index is 11.4. The van der Waals surface area contributed by atoms with Crippen molar-refractivity contribution in [2.24, 2.45) is 0 Å². The normalized spacial score (nSPS) is 15.6. The van der Waals surface area contributed by atoms with Crippen molar-refractivity contribution in [3.8, 4) is 0 Å². The van der Waals surface area contributed by atoms with Crippen molar-refractivity contribution in [1.29, 1.82) is 0 Å². The molecule has 0 atom stereocenters. The predicted octanol–water partition coefficient (Wildman–Crippen LogP) is 2.55. The molecule has 0 bridgehead atoms. The van der Waals surface area contributed by atoms with Crippen molar-refractivity contribution in [2.75, 3.05) is 10.0 Å². The lowest BCUT2D eigenvalue weighted by atomic mass is 10.1. The van der Waals surface area contributed by atoms with Gasteiger partial charge in [-0.15, -0.1) is 0 Å². The van der Waals surface area contributed by atoms with Crippen molar-refractivity contribution in [1.82, 2.24) is 0 Å². The number of sulfonamides is 1. The second-order valence-corrected chi connectivity index (χ2v) is 6.29.